The molecule has 0 bridgehead atoms. The SMILES string of the molecule is CC/C=C/C1OCCCO1. The van der Waals surface area contributed by atoms with E-state index >= 15 is 0 Å². The van der Waals surface area contributed by atoms with E-state index in [0.717, 1.165) is 26.1 Å². The molecule has 0 spiro atoms. The second kappa shape index (κ2) is 4.47. The van der Waals surface area contributed by atoms with Crippen LogP contribution in [0.5, 0.6) is 0 Å². The maximum atomic E-state index is 5.27. The first-order valence-electron chi connectivity index (χ1n) is 3.83. The average Bonchev–Trinajstić information content (AvgIpc) is 2.03. The maximum absolute atomic E-state index is 5.27. The third-order valence-electron chi connectivity index (χ3n) is 1.38. The second-order valence-electron chi connectivity index (χ2n) is 2.30. The van der Waals surface area contributed by atoms with Gasteiger partial charge in [0.15, 0.2) is 6.29 Å². The fraction of sp³-hybridized carbons (Fsp3) is 0.750. The number of hydrogen-bond acceptors (Lipinski definition) is 2. The van der Waals surface area contributed by atoms with Crippen molar-refractivity contribution >= 4 is 0 Å². The smallest absolute Gasteiger partial charge is 0.176 e. The van der Waals surface area contributed by atoms with E-state index in [9.17, 15) is 0 Å². The van der Waals surface area contributed by atoms with Crippen molar-refractivity contribution in [1.29, 1.82) is 0 Å². The highest BCUT2D eigenvalue weighted by Crippen LogP contribution is 2.05. The van der Waals surface area contributed by atoms with Crippen LogP contribution in [-0.4, -0.2) is 19.5 Å². The van der Waals surface area contributed by atoms with E-state index in [0.29, 0.717) is 0 Å². The summed E-state index contributed by atoms with van der Waals surface area (Å²) in [6, 6.07) is 0. The molecular weight excluding hydrogens is 128 g/mol. The molecular formula is C8H14O2. The van der Waals surface area contributed by atoms with Crippen LogP contribution in [0.1, 0.15) is 19.8 Å². The van der Waals surface area contributed by atoms with Crippen molar-refractivity contribution in [2.24, 2.45) is 0 Å². The Bertz CT molecular complexity index is 104. The van der Waals surface area contributed by atoms with Gasteiger partial charge >= 0.3 is 0 Å². The third kappa shape index (κ3) is 2.50. The normalized spacial score (nSPS) is 22.1. The predicted octanol–water partition coefficient (Wildman–Crippen LogP) is 1.72. The molecule has 0 aromatic carbocycles. The standard InChI is InChI=1S/C8H14O2/c1-2-3-5-8-9-6-4-7-10-8/h3,5,8H,2,4,6-7H2,1H3/b5-3+. The maximum Gasteiger partial charge on any atom is 0.176 e. The van der Waals surface area contributed by atoms with Crippen LogP contribution < -0.4 is 0 Å². The molecule has 0 aliphatic carbocycles. The van der Waals surface area contributed by atoms with Gasteiger partial charge in [0, 0.05) is 0 Å². The lowest BCUT2D eigenvalue weighted by Crippen LogP contribution is -2.22. The molecule has 58 valence electrons. The summed E-state index contributed by atoms with van der Waals surface area (Å²) in [4.78, 5) is 0. The predicted molar refractivity (Wildman–Crippen MR) is 39.7 cm³/mol. The Morgan fingerprint density at radius 3 is 2.70 bits per heavy atom. The average molecular weight is 142 g/mol. The molecule has 0 amide bonds. The lowest BCUT2D eigenvalue weighted by molar-refractivity contribution is -0.149. The Morgan fingerprint density at radius 1 is 1.40 bits per heavy atom. The van der Waals surface area contributed by atoms with Crippen molar-refractivity contribution in [2.75, 3.05) is 13.2 Å². The molecule has 0 aromatic heterocycles. The summed E-state index contributed by atoms with van der Waals surface area (Å²) in [6.45, 7) is 3.76. The lowest BCUT2D eigenvalue weighted by Gasteiger charge is -2.19. The summed E-state index contributed by atoms with van der Waals surface area (Å²) >= 11 is 0. The molecule has 1 heterocycles. The molecule has 2 heteroatoms. The molecule has 1 aliphatic rings. The van der Waals surface area contributed by atoms with E-state index in [4.69, 9.17) is 9.47 Å². The fourth-order valence-electron chi connectivity index (χ4n) is 0.864. The Labute approximate surface area is 61.8 Å². The third-order valence-corrected chi connectivity index (χ3v) is 1.38. The van der Waals surface area contributed by atoms with Crippen molar-refractivity contribution < 1.29 is 9.47 Å². The molecule has 0 N–H and O–H groups in total. The minimum atomic E-state index is -0.0753. The van der Waals surface area contributed by atoms with Gasteiger partial charge in [-0.2, -0.15) is 0 Å². The molecule has 1 fully saturated rings. The zero-order valence-electron chi connectivity index (χ0n) is 6.38. The molecule has 0 radical (unpaired) electrons. The largest absolute Gasteiger partial charge is 0.349 e. The van der Waals surface area contributed by atoms with E-state index < -0.39 is 0 Å². The zero-order chi connectivity index (χ0) is 7.23. The van der Waals surface area contributed by atoms with E-state index in [-0.39, 0.29) is 6.29 Å². The van der Waals surface area contributed by atoms with Gasteiger partial charge < -0.3 is 9.47 Å². The van der Waals surface area contributed by atoms with E-state index in [1.807, 2.05) is 6.08 Å². The van der Waals surface area contributed by atoms with Gasteiger partial charge in [0.25, 0.3) is 0 Å². The highest BCUT2D eigenvalue weighted by molar-refractivity contribution is 4.84. The number of hydrogen-bond donors (Lipinski definition) is 0. The molecule has 10 heavy (non-hydrogen) atoms. The summed E-state index contributed by atoms with van der Waals surface area (Å²) in [6.07, 6.45) is 6.03. The van der Waals surface area contributed by atoms with Crippen molar-refractivity contribution in [1.82, 2.24) is 0 Å². The molecule has 2 nitrogen and oxygen atoms in total. The summed E-state index contributed by atoms with van der Waals surface area (Å²) in [7, 11) is 0. The number of allylic oxidation sites excluding steroid dienone is 1. The Balaban J connectivity index is 2.19. The molecule has 1 rings (SSSR count). The van der Waals surface area contributed by atoms with Crippen LogP contribution in [-0.2, 0) is 9.47 Å². The molecule has 1 aliphatic heterocycles. The highest BCUT2D eigenvalue weighted by Gasteiger charge is 2.08. The minimum Gasteiger partial charge on any atom is -0.349 e. The Hall–Kier alpha value is -0.340. The summed E-state index contributed by atoms with van der Waals surface area (Å²) in [5.74, 6) is 0. The highest BCUT2D eigenvalue weighted by atomic mass is 16.7. The Morgan fingerprint density at radius 2 is 2.10 bits per heavy atom. The first-order valence-corrected chi connectivity index (χ1v) is 3.83. The summed E-state index contributed by atoms with van der Waals surface area (Å²) in [5.41, 5.74) is 0. The van der Waals surface area contributed by atoms with Crippen LogP contribution in [0.3, 0.4) is 0 Å². The van der Waals surface area contributed by atoms with Gasteiger partial charge in [-0.25, -0.2) is 0 Å². The topological polar surface area (TPSA) is 18.5 Å². The van der Waals surface area contributed by atoms with Crippen LogP contribution >= 0.6 is 0 Å². The molecule has 0 unspecified atom stereocenters. The van der Waals surface area contributed by atoms with Crippen molar-refractivity contribution in [3.63, 3.8) is 0 Å². The first-order chi connectivity index (χ1) is 4.93. The monoisotopic (exact) mass is 142 g/mol. The minimum absolute atomic E-state index is 0.0753. The van der Waals surface area contributed by atoms with Gasteiger partial charge in [0.2, 0.25) is 0 Å². The van der Waals surface area contributed by atoms with Crippen molar-refractivity contribution in [3.05, 3.63) is 12.2 Å². The summed E-state index contributed by atoms with van der Waals surface area (Å²) < 4.78 is 10.5. The summed E-state index contributed by atoms with van der Waals surface area (Å²) in [5, 5.41) is 0. The molecule has 0 saturated carbocycles. The van der Waals surface area contributed by atoms with Crippen LogP contribution in [0.2, 0.25) is 0 Å². The van der Waals surface area contributed by atoms with E-state index in [1.165, 1.54) is 0 Å². The van der Waals surface area contributed by atoms with Gasteiger partial charge in [-0.15, -0.1) is 0 Å². The van der Waals surface area contributed by atoms with Crippen LogP contribution in [0.15, 0.2) is 12.2 Å². The van der Waals surface area contributed by atoms with Gasteiger partial charge in [-0.1, -0.05) is 13.0 Å². The van der Waals surface area contributed by atoms with Gasteiger partial charge in [0.05, 0.1) is 13.2 Å². The Kier molecular flexibility index (Phi) is 3.47. The lowest BCUT2D eigenvalue weighted by atomic mass is 10.4. The van der Waals surface area contributed by atoms with Gasteiger partial charge in [-0.05, 0) is 18.9 Å². The number of ether oxygens (including phenoxy) is 2. The van der Waals surface area contributed by atoms with Gasteiger partial charge in [-0.3, -0.25) is 0 Å². The van der Waals surface area contributed by atoms with Crippen molar-refractivity contribution in [3.8, 4) is 0 Å². The van der Waals surface area contributed by atoms with Crippen LogP contribution in [0.25, 0.3) is 0 Å². The number of rotatable bonds is 2. The quantitative estimate of drug-likeness (QED) is 0.546. The fourth-order valence-corrected chi connectivity index (χ4v) is 0.864. The van der Waals surface area contributed by atoms with Gasteiger partial charge in [0.1, 0.15) is 0 Å². The van der Waals surface area contributed by atoms with Crippen LogP contribution in [0, 0.1) is 0 Å². The van der Waals surface area contributed by atoms with Crippen molar-refractivity contribution in [2.45, 2.75) is 26.1 Å². The second-order valence-corrected chi connectivity index (χ2v) is 2.30. The molecule has 0 aromatic rings. The molecule has 1 saturated heterocycles. The van der Waals surface area contributed by atoms with E-state index in [1.54, 1.807) is 0 Å². The first kappa shape index (κ1) is 7.76. The molecule has 0 atom stereocenters. The van der Waals surface area contributed by atoms with Crippen LogP contribution in [0.4, 0.5) is 0 Å². The van der Waals surface area contributed by atoms with E-state index in [2.05, 4.69) is 13.0 Å². The zero-order valence-corrected chi connectivity index (χ0v) is 6.38.